The number of hydrogen-bond acceptors (Lipinski definition) is 7. The molecule has 118 valence electrons. The Morgan fingerprint density at radius 1 is 1.05 bits per heavy atom. The average Bonchev–Trinajstić information content (AvgIpc) is 2.37. The molecule has 0 aromatic carbocycles. The van der Waals surface area contributed by atoms with E-state index in [2.05, 4.69) is 20.9 Å². The van der Waals surface area contributed by atoms with Crippen molar-refractivity contribution in [1.82, 2.24) is 20.9 Å². The van der Waals surface area contributed by atoms with Crippen LogP contribution in [0.25, 0.3) is 0 Å². The van der Waals surface area contributed by atoms with Crippen LogP contribution in [0.15, 0.2) is 0 Å². The summed E-state index contributed by atoms with van der Waals surface area (Å²) in [5, 5.41) is 9.97. The summed E-state index contributed by atoms with van der Waals surface area (Å²) in [5.74, 6) is 0.173. The summed E-state index contributed by atoms with van der Waals surface area (Å²) >= 11 is 0. The highest BCUT2D eigenvalue weighted by Gasteiger charge is 2.13. The van der Waals surface area contributed by atoms with Crippen molar-refractivity contribution < 1.29 is 4.79 Å². The molecule has 1 aliphatic heterocycles. The summed E-state index contributed by atoms with van der Waals surface area (Å²) in [6.45, 7) is 8.54. The molecule has 1 aliphatic rings. The molecule has 7 nitrogen and oxygen atoms in total. The van der Waals surface area contributed by atoms with Gasteiger partial charge in [0.2, 0.25) is 0 Å². The minimum absolute atomic E-state index is 0.0412. The Morgan fingerprint density at radius 2 is 1.60 bits per heavy atom. The van der Waals surface area contributed by atoms with Gasteiger partial charge in [-0.2, -0.15) is 0 Å². The van der Waals surface area contributed by atoms with Gasteiger partial charge in [0.05, 0.1) is 6.54 Å². The maximum Gasteiger partial charge on any atom is 0.143 e. The number of Topliss-reactive ketones (excluding diaryl/α,β-unsaturated/α-hetero) is 1. The second kappa shape index (κ2) is 10.2. The van der Waals surface area contributed by atoms with Crippen LogP contribution in [0.4, 0.5) is 0 Å². The van der Waals surface area contributed by atoms with Crippen LogP contribution < -0.4 is 27.4 Å². The fourth-order valence-electron chi connectivity index (χ4n) is 2.29. The predicted octanol–water partition coefficient (Wildman–Crippen LogP) is -2.69. The highest BCUT2D eigenvalue weighted by atomic mass is 16.1. The zero-order chi connectivity index (χ0) is 14.8. The van der Waals surface area contributed by atoms with Crippen molar-refractivity contribution in [3.05, 3.63) is 0 Å². The highest BCUT2D eigenvalue weighted by Crippen LogP contribution is 1.92. The van der Waals surface area contributed by atoms with Gasteiger partial charge in [-0.3, -0.25) is 9.69 Å². The van der Waals surface area contributed by atoms with E-state index in [-0.39, 0.29) is 17.9 Å². The summed E-state index contributed by atoms with van der Waals surface area (Å²) in [6.07, 6.45) is 0. The topological polar surface area (TPSA) is 108 Å². The number of nitrogens with zero attached hydrogens (tertiary/aromatic N) is 1. The first-order chi connectivity index (χ1) is 9.58. The molecule has 0 aliphatic carbocycles. The molecule has 20 heavy (non-hydrogen) atoms. The van der Waals surface area contributed by atoms with E-state index >= 15 is 0 Å². The molecular formula is C13H30N6O. The van der Waals surface area contributed by atoms with E-state index in [9.17, 15) is 4.79 Å². The Bertz CT molecular complexity index is 276. The molecular weight excluding hydrogens is 256 g/mol. The van der Waals surface area contributed by atoms with Crippen molar-refractivity contribution in [2.75, 3.05) is 58.9 Å². The number of rotatable bonds is 2. The van der Waals surface area contributed by atoms with Gasteiger partial charge in [0.25, 0.3) is 0 Å². The second-order valence-electron chi connectivity index (χ2n) is 5.57. The van der Waals surface area contributed by atoms with Gasteiger partial charge < -0.3 is 27.4 Å². The largest absolute Gasteiger partial charge is 0.326 e. The maximum atomic E-state index is 11.3. The van der Waals surface area contributed by atoms with Gasteiger partial charge in [-0.1, -0.05) is 0 Å². The second-order valence-corrected chi connectivity index (χ2v) is 5.57. The number of nitrogens with one attached hydrogen (secondary N) is 3. The van der Waals surface area contributed by atoms with E-state index in [1.807, 2.05) is 0 Å². The SMILES string of the molecule is CC(=O)CN1CCNCC(N)CNCCNCC(N)C1. The van der Waals surface area contributed by atoms with Crippen LogP contribution in [0.1, 0.15) is 6.92 Å². The van der Waals surface area contributed by atoms with E-state index in [1.54, 1.807) is 6.92 Å². The molecule has 7 N–H and O–H groups in total. The zero-order valence-electron chi connectivity index (χ0n) is 12.5. The lowest BCUT2D eigenvalue weighted by atomic mass is 10.2. The van der Waals surface area contributed by atoms with Crippen LogP contribution in [0.3, 0.4) is 0 Å². The molecule has 0 aromatic rings. The molecule has 0 spiro atoms. The molecule has 0 saturated carbocycles. The molecule has 1 saturated heterocycles. The first-order valence-corrected chi connectivity index (χ1v) is 7.43. The Hall–Kier alpha value is -0.570. The average molecular weight is 286 g/mol. The van der Waals surface area contributed by atoms with Crippen LogP contribution >= 0.6 is 0 Å². The monoisotopic (exact) mass is 286 g/mol. The normalized spacial score (nSPS) is 28.8. The van der Waals surface area contributed by atoms with Crippen molar-refractivity contribution in [2.45, 2.75) is 19.0 Å². The third-order valence-corrected chi connectivity index (χ3v) is 3.24. The molecule has 1 fully saturated rings. The number of carbonyl (C=O) groups excluding carboxylic acids is 1. The van der Waals surface area contributed by atoms with Crippen LogP contribution in [0.2, 0.25) is 0 Å². The molecule has 2 atom stereocenters. The molecule has 1 heterocycles. The van der Waals surface area contributed by atoms with Gasteiger partial charge in [0, 0.05) is 64.4 Å². The van der Waals surface area contributed by atoms with Gasteiger partial charge in [-0.25, -0.2) is 0 Å². The standard InChI is InChI=1S/C13H30N6O/c1-11(20)9-19-5-4-18-7-12(14)6-16-2-3-17-8-13(15)10-19/h12-13,16-18H,2-10,14-15H2,1H3. The van der Waals surface area contributed by atoms with Gasteiger partial charge in [0.1, 0.15) is 5.78 Å². The highest BCUT2D eigenvalue weighted by molar-refractivity contribution is 5.77. The Morgan fingerprint density at radius 3 is 2.20 bits per heavy atom. The third-order valence-electron chi connectivity index (χ3n) is 3.24. The summed E-state index contributed by atoms with van der Waals surface area (Å²) in [5.41, 5.74) is 12.1. The van der Waals surface area contributed by atoms with E-state index in [0.717, 1.165) is 52.4 Å². The minimum atomic E-state index is 0.0412. The van der Waals surface area contributed by atoms with E-state index in [4.69, 9.17) is 11.5 Å². The lowest BCUT2D eigenvalue weighted by molar-refractivity contribution is -0.118. The number of ketones is 1. The van der Waals surface area contributed by atoms with E-state index in [1.165, 1.54) is 0 Å². The van der Waals surface area contributed by atoms with Crippen molar-refractivity contribution >= 4 is 5.78 Å². The van der Waals surface area contributed by atoms with Gasteiger partial charge in [0.15, 0.2) is 0 Å². The van der Waals surface area contributed by atoms with Crippen molar-refractivity contribution in [3.8, 4) is 0 Å². The Kier molecular flexibility index (Phi) is 8.92. The van der Waals surface area contributed by atoms with E-state index in [0.29, 0.717) is 6.54 Å². The van der Waals surface area contributed by atoms with Crippen molar-refractivity contribution in [1.29, 1.82) is 0 Å². The molecule has 2 unspecified atom stereocenters. The smallest absolute Gasteiger partial charge is 0.143 e. The molecule has 1 rings (SSSR count). The molecule has 0 amide bonds. The summed E-state index contributed by atoms with van der Waals surface area (Å²) < 4.78 is 0. The number of hydrogen-bond donors (Lipinski definition) is 5. The lowest BCUT2D eigenvalue weighted by Crippen LogP contribution is -2.50. The maximum absolute atomic E-state index is 11.3. The number of nitrogens with two attached hydrogens (primary N) is 2. The fraction of sp³-hybridized carbons (Fsp3) is 0.923. The summed E-state index contributed by atoms with van der Waals surface area (Å²) in [4.78, 5) is 13.4. The predicted molar refractivity (Wildman–Crippen MR) is 81.7 cm³/mol. The first kappa shape index (κ1) is 17.5. The van der Waals surface area contributed by atoms with Crippen LogP contribution in [-0.4, -0.2) is 81.7 Å². The first-order valence-electron chi connectivity index (χ1n) is 7.43. The lowest BCUT2D eigenvalue weighted by Gasteiger charge is -2.26. The molecule has 0 radical (unpaired) electrons. The fourth-order valence-corrected chi connectivity index (χ4v) is 2.29. The number of carbonyl (C=O) groups is 1. The molecule has 0 bridgehead atoms. The third kappa shape index (κ3) is 8.57. The molecule has 0 aromatic heterocycles. The quantitative estimate of drug-likeness (QED) is 0.376. The zero-order valence-corrected chi connectivity index (χ0v) is 12.5. The Balaban J connectivity index is 2.44. The molecule has 7 heteroatoms. The summed E-state index contributed by atoms with van der Waals surface area (Å²) in [6, 6.07) is 0.154. The minimum Gasteiger partial charge on any atom is -0.326 e. The van der Waals surface area contributed by atoms with Crippen molar-refractivity contribution in [2.24, 2.45) is 11.5 Å². The van der Waals surface area contributed by atoms with Gasteiger partial charge >= 0.3 is 0 Å². The van der Waals surface area contributed by atoms with Gasteiger partial charge in [-0.05, 0) is 6.92 Å². The van der Waals surface area contributed by atoms with E-state index < -0.39 is 0 Å². The van der Waals surface area contributed by atoms with Crippen molar-refractivity contribution in [3.63, 3.8) is 0 Å². The van der Waals surface area contributed by atoms with Gasteiger partial charge in [-0.15, -0.1) is 0 Å². The Labute approximate surface area is 121 Å². The van der Waals surface area contributed by atoms with Crippen LogP contribution in [-0.2, 0) is 4.79 Å². The summed E-state index contributed by atoms with van der Waals surface area (Å²) in [7, 11) is 0. The van der Waals surface area contributed by atoms with Crippen LogP contribution in [0, 0.1) is 0 Å². The van der Waals surface area contributed by atoms with Crippen LogP contribution in [0.5, 0.6) is 0 Å².